The lowest BCUT2D eigenvalue weighted by Gasteiger charge is -2.24. The van der Waals surface area contributed by atoms with E-state index in [1.165, 1.54) is 56.3 Å². The SMILES string of the molecule is Cc1ccc(S(=O)(=O)C(C)(C)C(=O)c2ccc(S(=O)(=O)c3ccc(OCc4ccccc4)cc3Nc3ccccc3)cc2)cc1. The molecule has 7 nitrogen and oxygen atoms in total. The molecule has 5 aromatic carbocycles. The molecule has 0 radical (unpaired) electrons. The molecule has 0 heterocycles. The molecule has 0 amide bonds. The lowest BCUT2D eigenvalue weighted by molar-refractivity contribution is 0.0953. The first-order valence-electron chi connectivity index (χ1n) is 14.2. The summed E-state index contributed by atoms with van der Waals surface area (Å²) in [6.45, 7) is 4.87. The number of rotatable bonds is 11. The van der Waals surface area contributed by atoms with Gasteiger partial charge in [0, 0.05) is 17.3 Å². The predicted octanol–water partition coefficient (Wildman–Crippen LogP) is 7.59. The van der Waals surface area contributed by atoms with Gasteiger partial charge >= 0.3 is 0 Å². The Kier molecular flexibility index (Phi) is 8.95. The van der Waals surface area contributed by atoms with Crippen molar-refractivity contribution in [2.75, 3.05) is 5.32 Å². The van der Waals surface area contributed by atoms with Crippen molar-refractivity contribution in [3.8, 4) is 5.75 Å². The zero-order valence-corrected chi connectivity index (χ0v) is 26.7. The van der Waals surface area contributed by atoms with Gasteiger partial charge in [-0.05, 0) is 74.9 Å². The van der Waals surface area contributed by atoms with Gasteiger partial charge in [-0.1, -0.05) is 78.4 Å². The summed E-state index contributed by atoms with van der Waals surface area (Å²) in [5.74, 6) is -0.160. The van der Waals surface area contributed by atoms with Gasteiger partial charge in [-0.2, -0.15) is 0 Å². The normalized spacial score (nSPS) is 12.0. The van der Waals surface area contributed by atoms with E-state index in [1.54, 1.807) is 24.3 Å². The molecule has 5 aromatic rings. The van der Waals surface area contributed by atoms with Crippen LogP contribution in [0.15, 0.2) is 142 Å². The topological polar surface area (TPSA) is 107 Å². The molecule has 0 saturated carbocycles. The van der Waals surface area contributed by atoms with Crippen molar-refractivity contribution in [3.05, 3.63) is 144 Å². The van der Waals surface area contributed by atoms with Crippen LogP contribution in [0, 0.1) is 6.92 Å². The monoisotopic (exact) mass is 639 g/mol. The lowest BCUT2D eigenvalue weighted by Crippen LogP contribution is -2.40. The third-order valence-electron chi connectivity index (χ3n) is 7.52. The van der Waals surface area contributed by atoms with Crippen LogP contribution < -0.4 is 10.1 Å². The minimum absolute atomic E-state index is 0.0137. The van der Waals surface area contributed by atoms with Crippen LogP contribution in [0.2, 0.25) is 0 Å². The molecule has 0 aliphatic heterocycles. The lowest BCUT2D eigenvalue weighted by atomic mass is 10.0. The van der Waals surface area contributed by atoms with E-state index in [9.17, 15) is 21.6 Å². The molecule has 0 unspecified atom stereocenters. The van der Waals surface area contributed by atoms with Gasteiger partial charge in [0.15, 0.2) is 15.6 Å². The fourth-order valence-corrected chi connectivity index (χ4v) is 7.58. The minimum Gasteiger partial charge on any atom is -0.489 e. The van der Waals surface area contributed by atoms with Crippen molar-refractivity contribution < 1.29 is 26.4 Å². The molecule has 0 aromatic heterocycles. The molecule has 45 heavy (non-hydrogen) atoms. The maximum absolute atomic E-state index is 13.9. The van der Waals surface area contributed by atoms with Crippen LogP contribution >= 0.6 is 0 Å². The van der Waals surface area contributed by atoms with Crippen LogP contribution in [0.25, 0.3) is 0 Å². The average Bonchev–Trinajstić information content (AvgIpc) is 3.04. The predicted molar refractivity (Wildman–Crippen MR) is 176 cm³/mol. The molecule has 0 bridgehead atoms. The number of sulfone groups is 2. The smallest absolute Gasteiger partial charge is 0.208 e. The van der Waals surface area contributed by atoms with Gasteiger partial charge in [-0.3, -0.25) is 4.79 Å². The van der Waals surface area contributed by atoms with Gasteiger partial charge in [0.25, 0.3) is 0 Å². The largest absolute Gasteiger partial charge is 0.489 e. The Morgan fingerprint density at radius 2 is 1.29 bits per heavy atom. The van der Waals surface area contributed by atoms with Crippen molar-refractivity contribution in [2.45, 2.75) is 46.8 Å². The third kappa shape index (κ3) is 6.69. The molecule has 1 N–H and O–H groups in total. The molecule has 5 rings (SSSR count). The van der Waals surface area contributed by atoms with E-state index in [1.807, 2.05) is 67.6 Å². The first kappa shape index (κ1) is 31.7. The molecule has 0 atom stereocenters. The number of nitrogens with one attached hydrogen (secondary N) is 1. The summed E-state index contributed by atoms with van der Waals surface area (Å²) in [5.41, 5.74) is 2.95. The highest BCUT2D eigenvalue weighted by atomic mass is 32.2. The van der Waals surface area contributed by atoms with Crippen LogP contribution in [0.1, 0.15) is 35.3 Å². The summed E-state index contributed by atoms with van der Waals surface area (Å²) in [5, 5.41) is 3.19. The van der Waals surface area contributed by atoms with E-state index < -0.39 is 30.2 Å². The quantitative estimate of drug-likeness (QED) is 0.149. The number of benzene rings is 5. The van der Waals surface area contributed by atoms with Gasteiger partial charge in [-0.15, -0.1) is 0 Å². The number of carbonyl (C=O) groups is 1. The molecular formula is C36H33NO6S2. The molecule has 9 heteroatoms. The standard InChI is InChI=1S/C36H33NO6S2/c1-26-14-19-32(20-15-26)45(41,42)36(2,3)35(38)28-16-21-31(22-17-28)44(39,40)34-23-18-30(43-25-27-10-6-4-7-11-27)24-33(34)37-29-12-8-5-9-13-29/h4-24,37H,25H2,1-3H3. The Morgan fingerprint density at radius 1 is 0.711 bits per heavy atom. The molecule has 0 aliphatic rings. The van der Waals surface area contributed by atoms with Gasteiger partial charge in [-0.25, -0.2) is 16.8 Å². The minimum atomic E-state index is -4.07. The van der Waals surface area contributed by atoms with Crippen LogP contribution in [-0.4, -0.2) is 27.4 Å². The molecule has 0 spiro atoms. The number of carbonyl (C=O) groups excluding carboxylic acids is 1. The van der Waals surface area contributed by atoms with E-state index >= 15 is 0 Å². The van der Waals surface area contributed by atoms with Crippen LogP contribution in [0.3, 0.4) is 0 Å². The van der Waals surface area contributed by atoms with E-state index in [0.29, 0.717) is 23.7 Å². The van der Waals surface area contributed by atoms with Crippen LogP contribution in [0.5, 0.6) is 5.75 Å². The number of para-hydroxylation sites is 1. The molecule has 0 fully saturated rings. The maximum Gasteiger partial charge on any atom is 0.208 e. The molecule has 0 saturated heterocycles. The Bertz CT molecular complexity index is 2020. The van der Waals surface area contributed by atoms with Gasteiger partial charge in [0.05, 0.1) is 20.4 Å². The summed E-state index contributed by atoms with van der Waals surface area (Å²) in [4.78, 5) is 13.5. The van der Waals surface area contributed by atoms with Crippen molar-refractivity contribution in [1.82, 2.24) is 0 Å². The number of ketones is 1. The summed E-state index contributed by atoms with van der Waals surface area (Å²) in [6.07, 6.45) is 0. The van der Waals surface area contributed by atoms with Crippen molar-refractivity contribution in [1.29, 1.82) is 0 Å². The van der Waals surface area contributed by atoms with E-state index in [4.69, 9.17) is 4.74 Å². The van der Waals surface area contributed by atoms with Crippen molar-refractivity contribution >= 4 is 36.8 Å². The Morgan fingerprint density at radius 3 is 1.91 bits per heavy atom. The van der Waals surface area contributed by atoms with Crippen molar-refractivity contribution in [2.24, 2.45) is 0 Å². The molecule has 0 aliphatic carbocycles. The zero-order valence-electron chi connectivity index (χ0n) is 25.1. The van der Waals surface area contributed by atoms with Crippen molar-refractivity contribution in [3.63, 3.8) is 0 Å². The number of hydrogen-bond acceptors (Lipinski definition) is 7. The summed E-state index contributed by atoms with van der Waals surface area (Å²) < 4.78 is 58.8. The number of aryl methyl sites for hydroxylation is 1. The van der Waals surface area contributed by atoms with E-state index in [-0.39, 0.29) is 20.2 Å². The van der Waals surface area contributed by atoms with Crippen LogP contribution in [-0.2, 0) is 26.3 Å². The second-order valence-electron chi connectivity index (χ2n) is 11.1. The zero-order chi connectivity index (χ0) is 32.2. The average molecular weight is 640 g/mol. The highest BCUT2D eigenvalue weighted by Gasteiger charge is 2.43. The number of anilines is 2. The number of Topliss-reactive ketones (excluding diaryl/α,β-unsaturated/α-hetero) is 1. The van der Waals surface area contributed by atoms with E-state index in [0.717, 1.165) is 11.1 Å². The highest BCUT2D eigenvalue weighted by Crippen LogP contribution is 2.34. The molecular weight excluding hydrogens is 607 g/mol. The molecule has 230 valence electrons. The summed E-state index contributed by atoms with van der Waals surface area (Å²) in [6, 6.07) is 35.2. The highest BCUT2D eigenvalue weighted by molar-refractivity contribution is 7.93. The fourth-order valence-electron chi connectivity index (χ4n) is 4.74. The summed E-state index contributed by atoms with van der Waals surface area (Å²) in [7, 11) is -8.11. The van der Waals surface area contributed by atoms with Crippen LogP contribution in [0.4, 0.5) is 11.4 Å². The third-order valence-corrected chi connectivity index (χ3v) is 11.8. The first-order valence-corrected chi connectivity index (χ1v) is 17.2. The Balaban J connectivity index is 1.44. The summed E-state index contributed by atoms with van der Waals surface area (Å²) >= 11 is 0. The van der Waals surface area contributed by atoms with Gasteiger partial charge in [0.2, 0.25) is 9.84 Å². The number of ether oxygens (including phenoxy) is 1. The van der Waals surface area contributed by atoms with E-state index in [2.05, 4.69) is 5.32 Å². The Hall–Kier alpha value is -4.73. The first-order chi connectivity index (χ1) is 21.4. The maximum atomic E-state index is 13.9. The van der Waals surface area contributed by atoms with Gasteiger partial charge in [0.1, 0.15) is 17.1 Å². The Labute approximate surface area is 264 Å². The second kappa shape index (κ2) is 12.7. The second-order valence-corrected chi connectivity index (χ2v) is 15.5. The number of hydrogen-bond donors (Lipinski definition) is 1. The van der Waals surface area contributed by atoms with Gasteiger partial charge < -0.3 is 10.1 Å². The fraction of sp³-hybridized carbons (Fsp3) is 0.139.